The average Bonchev–Trinajstić information content (AvgIpc) is 3.30. The van der Waals surface area contributed by atoms with Gasteiger partial charge in [0.25, 0.3) is 0 Å². The smallest absolute Gasteiger partial charge is 0.241 e. The van der Waals surface area contributed by atoms with Gasteiger partial charge in [0, 0.05) is 23.7 Å². The van der Waals surface area contributed by atoms with Gasteiger partial charge in [-0.2, -0.15) is 5.10 Å². The van der Waals surface area contributed by atoms with Crippen molar-refractivity contribution in [3.05, 3.63) is 28.6 Å². The fourth-order valence-electron chi connectivity index (χ4n) is 4.21. The topological polar surface area (TPSA) is 97.9 Å². The molecule has 2 aromatic rings. The number of hydrogen-bond acceptors (Lipinski definition) is 5. The van der Waals surface area contributed by atoms with Gasteiger partial charge in [-0.15, -0.1) is 10.2 Å². The Morgan fingerprint density at radius 3 is 2.59 bits per heavy atom. The lowest BCUT2D eigenvalue weighted by Gasteiger charge is -2.35. The van der Waals surface area contributed by atoms with E-state index in [0.29, 0.717) is 17.8 Å². The molecule has 0 atom stereocenters. The van der Waals surface area contributed by atoms with Crippen molar-refractivity contribution in [3.63, 3.8) is 0 Å². The molecule has 0 spiro atoms. The van der Waals surface area contributed by atoms with Gasteiger partial charge in [0.1, 0.15) is 19.0 Å². The fourth-order valence-corrected chi connectivity index (χ4v) is 4.21. The lowest BCUT2D eigenvalue weighted by molar-refractivity contribution is -0.123. The van der Waals surface area contributed by atoms with Gasteiger partial charge in [-0.25, -0.2) is 0 Å². The number of aliphatic hydroxyl groups is 1. The molecular formula is C19H28N6O2. The number of carbonyl (C=O) groups excluding carboxylic acids is 1. The van der Waals surface area contributed by atoms with Crippen LogP contribution >= 0.6 is 0 Å². The van der Waals surface area contributed by atoms with Gasteiger partial charge in [0.2, 0.25) is 5.91 Å². The Kier molecular flexibility index (Phi) is 4.75. The number of aryl methyl sites for hydroxylation is 1. The van der Waals surface area contributed by atoms with E-state index < -0.39 is 0 Å². The summed E-state index contributed by atoms with van der Waals surface area (Å²) >= 11 is 0. The lowest BCUT2D eigenvalue weighted by atomic mass is 9.79. The van der Waals surface area contributed by atoms with Crippen LogP contribution in [0, 0.1) is 13.8 Å². The maximum absolute atomic E-state index is 12.4. The second kappa shape index (κ2) is 7.07. The van der Waals surface area contributed by atoms with Crippen LogP contribution in [0.1, 0.15) is 73.2 Å². The molecular weight excluding hydrogens is 344 g/mol. The van der Waals surface area contributed by atoms with Crippen LogP contribution in [-0.2, 0) is 24.4 Å². The fraction of sp³-hybridized carbons (Fsp3) is 0.684. The van der Waals surface area contributed by atoms with Crippen molar-refractivity contribution in [2.45, 2.75) is 84.0 Å². The van der Waals surface area contributed by atoms with E-state index in [2.05, 4.69) is 32.1 Å². The van der Waals surface area contributed by atoms with Crippen molar-refractivity contribution in [1.82, 2.24) is 29.9 Å². The third-order valence-corrected chi connectivity index (χ3v) is 5.89. The first-order valence-corrected chi connectivity index (χ1v) is 9.88. The zero-order chi connectivity index (χ0) is 19.1. The molecule has 0 saturated heterocycles. The first-order valence-electron chi connectivity index (χ1n) is 9.88. The summed E-state index contributed by atoms with van der Waals surface area (Å²) in [4.78, 5) is 12.4. The summed E-state index contributed by atoms with van der Waals surface area (Å²) in [5.74, 6) is 1.95. The minimum absolute atomic E-state index is 0.00594. The molecule has 4 rings (SSSR count). The van der Waals surface area contributed by atoms with E-state index in [9.17, 15) is 9.90 Å². The minimum Gasteiger partial charge on any atom is -0.388 e. The Balaban J connectivity index is 1.33. The molecule has 2 heterocycles. The molecule has 1 amide bonds. The standard InChI is InChI=1S/C19H28N6O2/c1-4-16-11(2)23-24(12(16)3)9-18(27)20-14-7-13(8-14)19-22-21-17(10-26)25(19)15-5-6-15/h13-15,26H,4-10H2,1-3H3,(H,20,27). The second-order valence-corrected chi connectivity index (χ2v) is 7.83. The van der Waals surface area contributed by atoms with E-state index in [1.54, 1.807) is 4.68 Å². The Bertz CT molecular complexity index is 845. The number of aliphatic hydroxyl groups excluding tert-OH is 1. The molecule has 8 nitrogen and oxygen atoms in total. The van der Waals surface area contributed by atoms with E-state index >= 15 is 0 Å². The second-order valence-electron chi connectivity index (χ2n) is 7.83. The third-order valence-electron chi connectivity index (χ3n) is 5.89. The minimum atomic E-state index is -0.0707. The van der Waals surface area contributed by atoms with Crippen molar-refractivity contribution < 1.29 is 9.90 Å². The normalized spacial score (nSPS) is 21.9. The monoisotopic (exact) mass is 372 g/mol. The van der Waals surface area contributed by atoms with Crippen LogP contribution in [0.4, 0.5) is 0 Å². The quantitative estimate of drug-likeness (QED) is 0.768. The maximum Gasteiger partial charge on any atom is 0.241 e. The number of rotatable bonds is 7. The molecule has 0 radical (unpaired) electrons. The van der Waals surface area contributed by atoms with Crippen LogP contribution in [0.3, 0.4) is 0 Å². The largest absolute Gasteiger partial charge is 0.388 e. The number of amides is 1. The van der Waals surface area contributed by atoms with Crippen LogP contribution in [0.15, 0.2) is 0 Å². The Labute approximate surface area is 159 Å². The Morgan fingerprint density at radius 2 is 2.00 bits per heavy atom. The Hall–Kier alpha value is -2.22. The third kappa shape index (κ3) is 3.38. The highest BCUT2D eigenvalue weighted by Crippen LogP contribution is 2.42. The van der Waals surface area contributed by atoms with Crippen LogP contribution in [0.25, 0.3) is 0 Å². The summed E-state index contributed by atoms with van der Waals surface area (Å²) in [6.45, 7) is 6.32. The molecule has 146 valence electrons. The Morgan fingerprint density at radius 1 is 1.26 bits per heavy atom. The number of nitrogens with one attached hydrogen (secondary N) is 1. The van der Waals surface area contributed by atoms with Crippen molar-refractivity contribution in [2.24, 2.45) is 0 Å². The molecule has 2 N–H and O–H groups in total. The predicted molar refractivity (Wildman–Crippen MR) is 99.2 cm³/mol. The molecule has 8 heteroatoms. The van der Waals surface area contributed by atoms with Crippen molar-refractivity contribution in [1.29, 1.82) is 0 Å². The summed E-state index contributed by atoms with van der Waals surface area (Å²) in [7, 11) is 0. The zero-order valence-electron chi connectivity index (χ0n) is 16.3. The summed E-state index contributed by atoms with van der Waals surface area (Å²) in [6.07, 6.45) is 4.94. The number of hydrogen-bond donors (Lipinski definition) is 2. The molecule has 2 saturated carbocycles. The number of aromatic nitrogens is 5. The number of nitrogens with zero attached hydrogens (tertiary/aromatic N) is 5. The average molecular weight is 372 g/mol. The van der Waals surface area contributed by atoms with Crippen LogP contribution in [0.2, 0.25) is 0 Å². The van der Waals surface area contributed by atoms with Crippen molar-refractivity contribution in [3.8, 4) is 0 Å². The van der Waals surface area contributed by atoms with E-state index in [-0.39, 0.29) is 25.1 Å². The summed E-state index contributed by atoms with van der Waals surface area (Å²) in [6, 6.07) is 0.622. The molecule has 0 bridgehead atoms. The van der Waals surface area contributed by atoms with Crippen LogP contribution in [0.5, 0.6) is 0 Å². The summed E-state index contributed by atoms with van der Waals surface area (Å²) in [5, 5.41) is 25.5. The molecule has 2 aromatic heterocycles. The highest BCUT2D eigenvalue weighted by Gasteiger charge is 2.38. The summed E-state index contributed by atoms with van der Waals surface area (Å²) < 4.78 is 3.92. The van der Waals surface area contributed by atoms with Crippen LogP contribution < -0.4 is 5.32 Å². The van der Waals surface area contributed by atoms with Gasteiger partial charge < -0.3 is 15.0 Å². The highest BCUT2D eigenvalue weighted by atomic mass is 16.3. The van der Waals surface area contributed by atoms with E-state index in [1.165, 1.54) is 5.56 Å². The van der Waals surface area contributed by atoms with Gasteiger partial charge in [0.05, 0.1) is 5.69 Å². The van der Waals surface area contributed by atoms with Crippen LogP contribution in [-0.4, -0.2) is 41.6 Å². The van der Waals surface area contributed by atoms with Gasteiger partial charge in [-0.05, 0) is 51.5 Å². The maximum atomic E-state index is 12.4. The molecule has 27 heavy (non-hydrogen) atoms. The van der Waals surface area contributed by atoms with Crippen molar-refractivity contribution in [2.75, 3.05) is 0 Å². The van der Waals surface area contributed by atoms with E-state index in [4.69, 9.17) is 0 Å². The van der Waals surface area contributed by atoms with Gasteiger partial charge >= 0.3 is 0 Å². The zero-order valence-corrected chi connectivity index (χ0v) is 16.3. The first kappa shape index (κ1) is 18.2. The van der Waals surface area contributed by atoms with E-state index in [1.807, 2.05) is 13.8 Å². The van der Waals surface area contributed by atoms with E-state index in [0.717, 1.165) is 49.3 Å². The molecule has 0 unspecified atom stereocenters. The SMILES string of the molecule is CCc1c(C)nn(CC(=O)NC2CC(c3nnc(CO)n3C3CC3)C2)c1C. The highest BCUT2D eigenvalue weighted by molar-refractivity contribution is 5.76. The summed E-state index contributed by atoms with van der Waals surface area (Å²) in [5.41, 5.74) is 3.31. The van der Waals surface area contributed by atoms with Crippen molar-refractivity contribution >= 4 is 5.91 Å². The number of carbonyl (C=O) groups is 1. The predicted octanol–water partition coefficient (Wildman–Crippen LogP) is 1.54. The van der Waals surface area contributed by atoms with Gasteiger partial charge in [0.15, 0.2) is 5.82 Å². The molecule has 2 aliphatic carbocycles. The lowest BCUT2D eigenvalue weighted by Crippen LogP contribution is -2.45. The van der Waals surface area contributed by atoms with Gasteiger partial charge in [-0.3, -0.25) is 9.48 Å². The van der Waals surface area contributed by atoms with Gasteiger partial charge in [-0.1, -0.05) is 6.92 Å². The molecule has 0 aromatic carbocycles. The first-order chi connectivity index (χ1) is 13.0. The molecule has 2 fully saturated rings. The molecule has 0 aliphatic heterocycles. The molecule has 2 aliphatic rings.